The fourth-order valence-corrected chi connectivity index (χ4v) is 3.34. The normalized spacial score (nSPS) is 15.3. The van der Waals surface area contributed by atoms with E-state index < -0.39 is 0 Å². The lowest BCUT2D eigenvalue weighted by atomic mass is 10.1. The van der Waals surface area contributed by atoms with Gasteiger partial charge < -0.3 is 20.0 Å². The first-order valence-corrected chi connectivity index (χ1v) is 10.4. The molecule has 7 heteroatoms. The fourth-order valence-electron chi connectivity index (χ4n) is 3.34. The van der Waals surface area contributed by atoms with Crippen LogP contribution in [0.15, 0.2) is 46.0 Å². The lowest BCUT2D eigenvalue weighted by molar-refractivity contribution is 0.457. The van der Waals surface area contributed by atoms with Crippen LogP contribution < -0.4 is 15.5 Å². The van der Waals surface area contributed by atoms with Crippen LogP contribution in [0.4, 0.5) is 5.82 Å². The zero-order valence-electron chi connectivity index (χ0n) is 17.7. The molecule has 0 spiro atoms. The molecule has 1 fully saturated rings. The number of nitrogens with zero attached hydrogens (tertiary/aromatic N) is 3. The summed E-state index contributed by atoms with van der Waals surface area (Å²) in [7, 11) is 0. The second kappa shape index (κ2) is 12.0. The predicted octanol–water partition coefficient (Wildman–Crippen LogP) is 4.00. The van der Waals surface area contributed by atoms with Crippen LogP contribution >= 0.6 is 24.0 Å². The highest BCUT2D eigenvalue weighted by atomic mass is 127. The molecular weight excluding hydrogens is 477 g/mol. The minimum absolute atomic E-state index is 0. The first-order valence-electron chi connectivity index (χ1n) is 10.4. The Morgan fingerprint density at radius 1 is 1.24 bits per heavy atom. The topological polar surface area (TPSA) is 65.7 Å². The number of guanidine groups is 1. The van der Waals surface area contributed by atoms with Crippen LogP contribution in [0, 0.1) is 12.8 Å². The van der Waals surface area contributed by atoms with Crippen LogP contribution in [0.3, 0.4) is 0 Å². The second-order valence-corrected chi connectivity index (χ2v) is 7.88. The van der Waals surface area contributed by atoms with Crippen molar-refractivity contribution >= 4 is 35.8 Å². The number of halogens is 1. The molecule has 29 heavy (non-hydrogen) atoms. The van der Waals surface area contributed by atoms with Gasteiger partial charge in [-0.15, -0.1) is 24.0 Å². The van der Waals surface area contributed by atoms with E-state index in [0.29, 0.717) is 12.0 Å². The van der Waals surface area contributed by atoms with E-state index in [-0.39, 0.29) is 24.0 Å². The Balaban J connectivity index is 0.00000300. The quantitative estimate of drug-likeness (QED) is 0.334. The monoisotopic (exact) mass is 511 g/mol. The molecule has 2 aromatic heterocycles. The largest absolute Gasteiger partial charge is 0.469 e. The average molecular weight is 511 g/mol. The van der Waals surface area contributed by atoms with Gasteiger partial charge in [-0.3, -0.25) is 4.99 Å². The molecule has 1 aliphatic heterocycles. The van der Waals surface area contributed by atoms with Crippen molar-refractivity contribution in [2.24, 2.45) is 10.9 Å². The Kier molecular flexibility index (Phi) is 9.76. The van der Waals surface area contributed by atoms with Gasteiger partial charge in [-0.25, -0.2) is 4.98 Å². The zero-order valence-corrected chi connectivity index (χ0v) is 20.1. The molecular formula is C22H34IN5O. The smallest absolute Gasteiger partial charge is 0.191 e. The summed E-state index contributed by atoms with van der Waals surface area (Å²) in [6.07, 6.45) is 4.73. The molecule has 2 aromatic rings. The SMILES string of the molecule is Cc1cccc(N2CCC(NC(=NCC(C)C)NCCc3ccco3)CC2)n1.I. The number of furan rings is 1. The molecule has 0 aliphatic carbocycles. The minimum Gasteiger partial charge on any atom is -0.469 e. The predicted molar refractivity (Wildman–Crippen MR) is 130 cm³/mol. The number of pyridine rings is 1. The van der Waals surface area contributed by atoms with E-state index in [4.69, 9.17) is 9.41 Å². The molecule has 3 heterocycles. The summed E-state index contributed by atoms with van der Waals surface area (Å²) in [6, 6.07) is 10.6. The van der Waals surface area contributed by atoms with Crippen molar-refractivity contribution in [3.8, 4) is 0 Å². The number of hydrogen-bond acceptors (Lipinski definition) is 4. The van der Waals surface area contributed by atoms with Crippen LogP contribution in [0.5, 0.6) is 0 Å². The van der Waals surface area contributed by atoms with Crippen LogP contribution in [0.2, 0.25) is 0 Å². The van der Waals surface area contributed by atoms with Crippen molar-refractivity contribution in [2.75, 3.05) is 31.1 Å². The van der Waals surface area contributed by atoms with Gasteiger partial charge in [0, 0.05) is 44.3 Å². The second-order valence-electron chi connectivity index (χ2n) is 7.88. The van der Waals surface area contributed by atoms with E-state index in [1.54, 1.807) is 6.26 Å². The molecule has 0 unspecified atom stereocenters. The van der Waals surface area contributed by atoms with Crippen molar-refractivity contribution < 1.29 is 4.42 Å². The van der Waals surface area contributed by atoms with Crippen molar-refractivity contribution in [1.29, 1.82) is 0 Å². The van der Waals surface area contributed by atoms with E-state index in [2.05, 4.69) is 46.5 Å². The molecule has 0 amide bonds. The minimum atomic E-state index is 0. The highest BCUT2D eigenvalue weighted by Gasteiger charge is 2.21. The van der Waals surface area contributed by atoms with Gasteiger partial charge in [0.15, 0.2) is 5.96 Å². The van der Waals surface area contributed by atoms with E-state index in [0.717, 1.165) is 68.7 Å². The van der Waals surface area contributed by atoms with E-state index in [1.165, 1.54) is 0 Å². The number of aromatic nitrogens is 1. The van der Waals surface area contributed by atoms with Crippen molar-refractivity contribution in [2.45, 2.75) is 46.1 Å². The number of rotatable bonds is 7. The van der Waals surface area contributed by atoms with Crippen molar-refractivity contribution in [3.63, 3.8) is 0 Å². The van der Waals surface area contributed by atoms with Crippen LogP contribution in [-0.2, 0) is 6.42 Å². The first-order chi connectivity index (χ1) is 13.6. The van der Waals surface area contributed by atoms with Gasteiger partial charge in [-0.1, -0.05) is 19.9 Å². The summed E-state index contributed by atoms with van der Waals surface area (Å²) >= 11 is 0. The maximum Gasteiger partial charge on any atom is 0.191 e. The Hall–Kier alpha value is -1.77. The Morgan fingerprint density at radius 2 is 2.03 bits per heavy atom. The lowest BCUT2D eigenvalue weighted by Crippen LogP contribution is -2.49. The summed E-state index contributed by atoms with van der Waals surface area (Å²) in [5.74, 6) is 3.53. The highest BCUT2D eigenvalue weighted by Crippen LogP contribution is 2.18. The molecule has 3 rings (SSSR count). The van der Waals surface area contributed by atoms with Crippen molar-refractivity contribution in [1.82, 2.24) is 15.6 Å². The van der Waals surface area contributed by atoms with Gasteiger partial charge in [0.2, 0.25) is 0 Å². The maximum atomic E-state index is 5.41. The Morgan fingerprint density at radius 3 is 2.69 bits per heavy atom. The number of nitrogens with one attached hydrogen (secondary N) is 2. The van der Waals surface area contributed by atoms with Gasteiger partial charge in [0.25, 0.3) is 0 Å². The lowest BCUT2D eigenvalue weighted by Gasteiger charge is -2.34. The Labute approximate surface area is 191 Å². The van der Waals surface area contributed by atoms with Gasteiger partial charge in [-0.05, 0) is 49.9 Å². The molecule has 0 saturated carbocycles. The molecule has 1 aliphatic rings. The van der Waals surface area contributed by atoms with Gasteiger partial charge in [-0.2, -0.15) is 0 Å². The highest BCUT2D eigenvalue weighted by molar-refractivity contribution is 14.0. The summed E-state index contributed by atoms with van der Waals surface area (Å²) in [5.41, 5.74) is 1.07. The number of hydrogen-bond donors (Lipinski definition) is 2. The van der Waals surface area contributed by atoms with E-state index in [9.17, 15) is 0 Å². The maximum absolute atomic E-state index is 5.41. The number of anilines is 1. The summed E-state index contributed by atoms with van der Waals surface area (Å²) < 4.78 is 5.41. The first kappa shape index (κ1) is 23.5. The fraction of sp³-hybridized carbons (Fsp3) is 0.545. The summed E-state index contributed by atoms with van der Waals surface area (Å²) in [4.78, 5) is 11.8. The number of piperidine rings is 1. The molecule has 2 N–H and O–H groups in total. The van der Waals surface area contributed by atoms with E-state index in [1.807, 2.05) is 25.1 Å². The van der Waals surface area contributed by atoms with Crippen molar-refractivity contribution in [3.05, 3.63) is 48.0 Å². The van der Waals surface area contributed by atoms with Crippen LogP contribution in [-0.4, -0.2) is 43.2 Å². The third-order valence-corrected chi connectivity index (χ3v) is 4.89. The van der Waals surface area contributed by atoms with Crippen LogP contribution in [0.1, 0.15) is 38.1 Å². The number of aryl methyl sites for hydroxylation is 1. The molecule has 0 atom stereocenters. The number of aliphatic imine (C=N–C) groups is 1. The molecule has 0 bridgehead atoms. The van der Waals surface area contributed by atoms with Gasteiger partial charge in [0.05, 0.1) is 6.26 Å². The van der Waals surface area contributed by atoms with E-state index >= 15 is 0 Å². The van der Waals surface area contributed by atoms with Crippen LogP contribution in [0.25, 0.3) is 0 Å². The summed E-state index contributed by atoms with van der Waals surface area (Å²) in [5, 5.41) is 7.10. The van der Waals surface area contributed by atoms with Gasteiger partial charge >= 0.3 is 0 Å². The molecule has 6 nitrogen and oxygen atoms in total. The molecule has 1 saturated heterocycles. The molecule has 0 aromatic carbocycles. The average Bonchev–Trinajstić information content (AvgIpc) is 3.20. The molecule has 0 radical (unpaired) electrons. The third-order valence-electron chi connectivity index (χ3n) is 4.89. The van der Waals surface area contributed by atoms with Gasteiger partial charge in [0.1, 0.15) is 11.6 Å². The standard InChI is InChI=1S/C22H33N5O.HI/c1-17(2)16-24-22(23-12-9-20-7-5-15-28-20)26-19-10-13-27(14-11-19)21-8-4-6-18(3)25-21;/h4-8,15,17,19H,9-14,16H2,1-3H3,(H2,23,24,26);1H. The Bertz CT molecular complexity index is 739. The third kappa shape index (κ3) is 7.87. The molecule has 160 valence electrons. The zero-order chi connectivity index (χ0) is 19.8. The summed E-state index contributed by atoms with van der Waals surface area (Å²) in [6.45, 7) is 10.1.